The molecule has 3 heterocycles. The summed E-state index contributed by atoms with van der Waals surface area (Å²) in [6.07, 6.45) is 3.40. The van der Waals surface area contributed by atoms with Crippen molar-refractivity contribution < 1.29 is 14.0 Å². The van der Waals surface area contributed by atoms with Gasteiger partial charge in [0.15, 0.2) is 5.54 Å². The molecular formula is C29H21ClN2O4. The highest BCUT2D eigenvalue weighted by Crippen LogP contribution is 2.51. The Morgan fingerprint density at radius 1 is 0.944 bits per heavy atom. The molecule has 0 aliphatic carbocycles. The number of carbonyl (C=O) groups excluding carboxylic acids is 2. The normalized spacial score (nSPS) is 18.5. The molecule has 6 rings (SSSR count). The smallest absolute Gasteiger partial charge is 0.269 e. The van der Waals surface area contributed by atoms with E-state index in [1.165, 1.54) is 9.80 Å². The number of hydrogen-bond acceptors (Lipinski definition) is 4. The quantitative estimate of drug-likeness (QED) is 0.336. The van der Waals surface area contributed by atoms with Gasteiger partial charge in [-0.1, -0.05) is 48.0 Å². The van der Waals surface area contributed by atoms with Gasteiger partial charge in [-0.15, -0.1) is 0 Å². The second-order valence-corrected chi connectivity index (χ2v) is 9.52. The van der Waals surface area contributed by atoms with E-state index in [-0.39, 0.29) is 29.3 Å². The highest BCUT2D eigenvalue weighted by atomic mass is 35.5. The summed E-state index contributed by atoms with van der Waals surface area (Å²) in [5.74, 6) is -0.671. The van der Waals surface area contributed by atoms with E-state index in [0.717, 1.165) is 11.1 Å². The lowest BCUT2D eigenvalue weighted by molar-refractivity contribution is -0.124. The molecule has 0 saturated heterocycles. The molecule has 0 saturated carbocycles. The van der Waals surface area contributed by atoms with Crippen LogP contribution >= 0.6 is 11.6 Å². The van der Waals surface area contributed by atoms with Crippen LogP contribution < -0.4 is 10.3 Å². The molecule has 4 aromatic rings. The van der Waals surface area contributed by atoms with Crippen molar-refractivity contribution in [2.75, 3.05) is 11.4 Å². The Labute approximate surface area is 212 Å². The first-order valence-corrected chi connectivity index (χ1v) is 11.9. The van der Waals surface area contributed by atoms with Crippen molar-refractivity contribution in [3.05, 3.63) is 116 Å². The number of nitrogens with zero attached hydrogens (tertiary/aromatic N) is 2. The van der Waals surface area contributed by atoms with Crippen molar-refractivity contribution in [1.29, 1.82) is 0 Å². The third-order valence-corrected chi connectivity index (χ3v) is 7.22. The van der Waals surface area contributed by atoms with Gasteiger partial charge in [-0.05, 0) is 67.4 Å². The molecular weight excluding hydrogens is 476 g/mol. The third kappa shape index (κ3) is 2.94. The molecule has 178 valence electrons. The van der Waals surface area contributed by atoms with Gasteiger partial charge in [0.05, 0.1) is 11.1 Å². The fourth-order valence-electron chi connectivity index (χ4n) is 5.31. The molecule has 1 spiro atoms. The van der Waals surface area contributed by atoms with Crippen LogP contribution in [0.4, 0.5) is 11.6 Å². The van der Waals surface area contributed by atoms with E-state index in [4.69, 9.17) is 16.0 Å². The summed E-state index contributed by atoms with van der Waals surface area (Å²) < 4.78 is 6.28. The highest BCUT2D eigenvalue weighted by molar-refractivity contribution is 6.30. The lowest BCUT2D eigenvalue weighted by Crippen LogP contribution is -2.52. The summed E-state index contributed by atoms with van der Waals surface area (Å²) >= 11 is 6.03. The van der Waals surface area contributed by atoms with Gasteiger partial charge < -0.3 is 9.32 Å². The van der Waals surface area contributed by atoms with Crippen LogP contribution in [-0.4, -0.2) is 23.3 Å². The molecule has 36 heavy (non-hydrogen) atoms. The number of benzene rings is 3. The molecule has 7 heteroatoms. The van der Waals surface area contributed by atoms with Crippen LogP contribution in [0.5, 0.6) is 0 Å². The molecule has 1 atom stereocenters. The highest BCUT2D eigenvalue weighted by Gasteiger charge is 2.60. The molecule has 0 radical (unpaired) electrons. The zero-order chi connectivity index (χ0) is 25.2. The molecule has 2 amide bonds. The average Bonchev–Trinajstić information content (AvgIpc) is 3.40. The van der Waals surface area contributed by atoms with Gasteiger partial charge in [-0.2, -0.15) is 0 Å². The maximum Gasteiger partial charge on any atom is 0.269 e. The summed E-state index contributed by atoms with van der Waals surface area (Å²) in [6.45, 7) is 3.97. The Morgan fingerprint density at radius 3 is 2.36 bits per heavy atom. The number of aryl methyl sites for hydroxylation is 2. The molecule has 2 aliphatic rings. The average molecular weight is 497 g/mol. The minimum atomic E-state index is -1.63. The summed E-state index contributed by atoms with van der Waals surface area (Å²) in [5.41, 5.74) is 1.25. The van der Waals surface area contributed by atoms with Crippen LogP contribution in [0.25, 0.3) is 11.0 Å². The van der Waals surface area contributed by atoms with Crippen LogP contribution in [-0.2, 0) is 10.3 Å². The fourth-order valence-corrected chi connectivity index (χ4v) is 5.44. The summed E-state index contributed by atoms with van der Waals surface area (Å²) in [6, 6.07) is 19.1. The molecule has 3 aromatic carbocycles. The zero-order valence-corrected chi connectivity index (χ0v) is 20.4. The van der Waals surface area contributed by atoms with Crippen LogP contribution in [0.3, 0.4) is 0 Å². The molecule has 0 N–H and O–H groups in total. The molecule has 1 aromatic heterocycles. The predicted octanol–water partition coefficient (Wildman–Crippen LogP) is 5.65. The van der Waals surface area contributed by atoms with E-state index in [1.807, 2.05) is 32.0 Å². The number of rotatable bonds is 2. The molecule has 6 nitrogen and oxygen atoms in total. The standard InChI is InChI=1S/C29H21ClN2O4/c1-17-7-5-8-18(2)24(17)32-27-23(25(33)21-9-3-4-10-22(21)36-27)29(28(32)35)15-6-16-31(29)26(34)19-11-13-20(30)14-12-19/h3-15H,16H2,1-2H3. The van der Waals surface area contributed by atoms with Gasteiger partial charge in [-0.3, -0.25) is 14.4 Å². The van der Waals surface area contributed by atoms with E-state index in [2.05, 4.69) is 0 Å². The second kappa shape index (κ2) is 7.93. The lowest BCUT2D eigenvalue weighted by atomic mass is 9.90. The summed E-state index contributed by atoms with van der Waals surface area (Å²) in [7, 11) is 0. The molecule has 0 fully saturated rings. The topological polar surface area (TPSA) is 70.8 Å². The van der Waals surface area contributed by atoms with Gasteiger partial charge in [-0.25, -0.2) is 4.90 Å². The van der Waals surface area contributed by atoms with Crippen LogP contribution in [0.1, 0.15) is 27.0 Å². The Bertz CT molecular complexity index is 1650. The fraction of sp³-hybridized carbons (Fsp3) is 0.138. The lowest BCUT2D eigenvalue weighted by Gasteiger charge is -2.33. The van der Waals surface area contributed by atoms with Gasteiger partial charge in [0.1, 0.15) is 11.1 Å². The van der Waals surface area contributed by atoms with Crippen molar-refractivity contribution in [2.24, 2.45) is 0 Å². The molecule has 1 unspecified atom stereocenters. The van der Waals surface area contributed by atoms with E-state index >= 15 is 0 Å². The number of hydrogen-bond donors (Lipinski definition) is 0. The van der Waals surface area contributed by atoms with Crippen molar-refractivity contribution in [3.63, 3.8) is 0 Å². The van der Waals surface area contributed by atoms with E-state index in [9.17, 15) is 14.4 Å². The maximum atomic E-state index is 14.5. The van der Waals surface area contributed by atoms with Crippen molar-refractivity contribution in [3.8, 4) is 0 Å². The van der Waals surface area contributed by atoms with E-state index in [1.54, 1.807) is 60.7 Å². The number of para-hydroxylation sites is 2. The van der Waals surface area contributed by atoms with E-state index < -0.39 is 11.4 Å². The monoisotopic (exact) mass is 496 g/mol. The number of anilines is 2. The predicted molar refractivity (Wildman–Crippen MR) is 139 cm³/mol. The summed E-state index contributed by atoms with van der Waals surface area (Å²) in [4.78, 5) is 45.1. The van der Waals surface area contributed by atoms with Crippen molar-refractivity contribution in [1.82, 2.24) is 4.90 Å². The Hall–Kier alpha value is -4.16. The molecule has 0 bridgehead atoms. The van der Waals surface area contributed by atoms with Gasteiger partial charge in [0.25, 0.3) is 11.8 Å². The van der Waals surface area contributed by atoms with Crippen molar-refractivity contribution in [2.45, 2.75) is 19.4 Å². The van der Waals surface area contributed by atoms with Gasteiger partial charge in [0.2, 0.25) is 11.3 Å². The number of halogens is 1. The van der Waals surface area contributed by atoms with E-state index in [0.29, 0.717) is 27.2 Å². The maximum absolute atomic E-state index is 14.5. The van der Waals surface area contributed by atoms with Crippen LogP contribution in [0, 0.1) is 13.8 Å². The minimum Gasteiger partial charge on any atom is -0.439 e. The van der Waals surface area contributed by atoms with Crippen molar-refractivity contribution >= 4 is 46.0 Å². The Balaban J connectivity index is 1.66. The first kappa shape index (κ1) is 22.3. The minimum absolute atomic E-state index is 0.140. The largest absolute Gasteiger partial charge is 0.439 e. The Morgan fingerprint density at radius 2 is 1.64 bits per heavy atom. The zero-order valence-electron chi connectivity index (χ0n) is 19.6. The SMILES string of the molecule is Cc1cccc(C)c1N1C(=O)C2(C=CCN2C(=O)c2ccc(Cl)cc2)c2c1oc1ccccc1c2=O. The number of carbonyl (C=O) groups is 2. The van der Waals surface area contributed by atoms with Gasteiger partial charge in [0, 0.05) is 17.1 Å². The summed E-state index contributed by atoms with van der Waals surface area (Å²) in [5, 5.41) is 0.849. The Kier molecular flexibility index (Phi) is 4.92. The number of fused-ring (bicyclic) bond motifs is 3. The second-order valence-electron chi connectivity index (χ2n) is 9.08. The third-order valence-electron chi connectivity index (χ3n) is 6.96. The van der Waals surface area contributed by atoms with Crippen LogP contribution in [0.2, 0.25) is 5.02 Å². The number of amides is 2. The molecule has 2 aliphatic heterocycles. The first-order chi connectivity index (χ1) is 17.3. The van der Waals surface area contributed by atoms with Crippen LogP contribution in [0.15, 0.2) is 88.1 Å². The van der Waals surface area contributed by atoms with Gasteiger partial charge >= 0.3 is 0 Å². The first-order valence-electron chi connectivity index (χ1n) is 11.6.